The molecule has 0 radical (unpaired) electrons. The molecule has 14 nitrogen and oxygen atoms in total. The van der Waals surface area contributed by atoms with Gasteiger partial charge < -0.3 is 22.4 Å². The molecule has 4 heterocycles. The van der Waals surface area contributed by atoms with E-state index in [1.165, 1.54) is 28.9 Å². The molecule has 36 heavy (non-hydrogen) atoms. The fourth-order valence-corrected chi connectivity index (χ4v) is 6.31. The van der Waals surface area contributed by atoms with Crippen LogP contribution in [0.4, 0.5) is 5.13 Å². The number of carboxylic acids is 1. The number of rotatable bonds is 8. The Morgan fingerprint density at radius 1 is 1.42 bits per heavy atom. The fraction of sp³-hybridized carbons (Fsp3) is 0.333. The fourth-order valence-electron chi connectivity index (χ4n) is 3.35. The second-order valence-electron chi connectivity index (χ2n) is 7.10. The first-order chi connectivity index (χ1) is 16.7. The van der Waals surface area contributed by atoms with Gasteiger partial charge in [0.25, 0.3) is 17.4 Å². The Hall–Kier alpha value is -2.44. The summed E-state index contributed by atoms with van der Waals surface area (Å²) < 4.78 is 1.40. The number of nitrogens with two attached hydrogens (primary N) is 1. The SMILES string of the molecule is CO/N=C(\C(=O)N[C@@H]1C(=O)N2C(C(=O)O)=C(CSc3nc(=O)cnn3C)CS[C@H]12)c1csc(N)n1.[H-].[Na+]. The van der Waals surface area contributed by atoms with Crippen molar-refractivity contribution in [2.75, 3.05) is 24.3 Å². The number of aromatic nitrogens is 4. The molecule has 1 fully saturated rings. The number of carbonyl (C=O) groups excluding carboxylic acids is 2. The van der Waals surface area contributed by atoms with E-state index in [9.17, 15) is 24.3 Å². The minimum atomic E-state index is -1.27. The molecular formula is C18H19N8NaO6S3. The van der Waals surface area contributed by atoms with Crippen LogP contribution < -0.4 is 46.2 Å². The number of carboxylic acid groups (broad SMARTS) is 1. The molecule has 0 spiro atoms. The first kappa shape index (κ1) is 28.1. The van der Waals surface area contributed by atoms with Gasteiger partial charge in [0.2, 0.25) is 0 Å². The van der Waals surface area contributed by atoms with Gasteiger partial charge in [0, 0.05) is 23.9 Å². The number of hydrogen-bond donors (Lipinski definition) is 3. The molecule has 2 aromatic rings. The summed E-state index contributed by atoms with van der Waals surface area (Å²) in [5.41, 5.74) is 5.48. The molecule has 1 saturated heterocycles. The molecule has 2 amide bonds. The minimum absolute atomic E-state index is 0. The Labute approximate surface area is 239 Å². The van der Waals surface area contributed by atoms with Crippen LogP contribution >= 0.6 is 34.9 Å². The normalized spacial score (nSPS) is 19.2. The third kappa shape index (κ3) is 5.60. The van der Waals surface area contributed by atoms with E-state index in [2.05, 4.69) is 25.5 Å². The zero-order valence-electron chi connectivity index (χ0n) is 20.2. The summed E-state index contributed by atoms with van der Waals surface area (Å²) in [4.78, 5) is 63.0. The van der Waals surface area contributed by atoms with Gasteiger partial charge in [0.15, 0.2) is 16.0 Å². The molecule has 4 N–H and O–H groups in total. The van der Waals surface area contributed by atoms with Crippen molar-refractivity contribution in [2.24, 2.45) is 12.2 Å². The van der Waals surface area contributed by atoms with E-state index in [0.717, 1.165) is 34.2 Å². The predicted octanol–water partition coefficient (Wildman–Crippen LogP) is -3.79. The Morgan fingerprint density at radius 3 is 2.81 bits per heavy atom. The van der Waals surface area contributed by atoms with Crippen LogP contribution in [0.5, 0.6) is 0 Å². The van der Waals surface area contributed by atoms with E-state index in [-0.39, 0.29) is 59.0 Å². The van der Waals surface area contributed by atoms with Crippen molar-refractivity contribution in [3.8, 4) is 0 Å². The monoisotopic (exact) mass is 562 g/mol. The number of hydrogen-bond acceptors (Lipinski definition) is 13. The minimum Gasteiger partial charge on any atom is -1.00 e. The van der Waals surface area contributed by atoms with Crippen LogP contribution in [0.15, 0.2) is 38.0 Å². The van der Waals surface area contributed by atoms with Gasteiger partial charge in [-0.3, -0.25) is 19.3 Å². The summed E-state index contributed by atoms with van der Waals surface area (Å²) in [6, 6.07) is -0.963. The van der Waals surface area contributed by atoms with Gasteiger partial charge >= 0.3 is 35.5 Å². The largest absolute Gasteiger partial charge is 1.00 e. The number of β-lactam (4-membered cyclic amide) rings is 1. The van der Waals surface area contributed by atoms with Gasteiger partial charge in [0.05, 0.1) is 0 Å². The molecule has 2 atom stereocenters. The van der Waals surface area contributed by atoms with E-state index in [1.807, 2.05) is 0 Å². The van der Waals surface area contributed by atoms with E-state index < -0.39 is 34.8 Å². The maximum absolute atomic E-state index is 12.9. The van der Waals surface area contributed by atoms with Crippen molar-refractivity contribution in [3.05, 3.63) is 38.9 Å². The Bertz CT molecular complexity index is 1330. The first-order valence-corrected chi connectivity index (χ1v) is 12.7. The van der Waals surface area contributed by atoms with Crippen molar-refractivity contribution in [1.82, 2.24) is 30.0 Å². The van der Waals surface area contributed by atoms with Crippen molar-refractivity contribution in [2.45, 2.75) is 16.6 Å². The number of amides is 2. The second kappa shape index (κ2) is 11.7. The topological polar surface area (TPSA) is 195 Å². The van der Waals surface area contributed by atoms with Gasteiger partial charge in [-0.2, -0.15) is 10.1 Å². The average molecular weight is 563 g/mol. The number of nitrogens with one attached hydrogen (secondary N) is 1. The van der Waals surface area contributed by atoms with E-state index in [4.69, 9.17) is 10.6 Å². The van der Waals surface area contributed by atoms with Crippen LogP contribution in [0.2, 0.25) is 0 Å². The quantitative estimate of drug-likeness (QED) is 0.0935. The van der Waals surface area contributed by atoms with Crippen LogP contribution in [0.3, 0.4) is 0 Å². The first-order valence-electron chi connectivity index (χ1n) is 9.77. The number of nitrogen functional groups attached to an aromatic ring is 1. The summed E-state index contributed by atoms with van der Waals surface area (Å²) in [7, 11) is 2.87. The van der Waals surface area contributed by atoms with Gasteiger partial charge in [-0.25, -0.2) is 14.5 Å². The number of carbonyl (C=O) groups is 3. The molecule has 0 saturated carbocycles. The standard InChI is InChI=1S/C18H18N8O6S3.Na.H/c1-25-18(22-9(27)3-20-25)35-5-7-4-33-15-11(14(29)26(15)12(7)16(30)31)23-13(28)10(24-32-2)8-6-34-17(19)21-8;;/h3,6,11,15H,4-5H2,1-2H3,(H2,19,21)(H,23,28)(H,30,31);;/q;+1;-1/b24-10-;;/t11-,15-;;/m1../s1. The van der Waals surface area contributed by atoms with E-state index >= 15 is 0 Å². The number of fused-ring (bicyclic) bond motifs is 1. The van der Waals surface area contributed by atoms with Gasteiger partial charge in [-0.05, 0) is 5.57 Å². The summed E-state index contributed by atoms with van der Waals surface area (Å²) in [6.07, 6.45) is 1.08. The zero-order valence-corrected chi connectivity index (χ0v) is 23.6. The number of anilines is 1. The summed E-state index contributed by atoms with van der Waals surface area (Å²) >= 11 is 3.56. The van der Waals surface area contributed by atoms with Crippen LogP contribution in [0, 0.1) is 0 Å². The number of aliphatic carboxylic acids is 1. The molecular weight excluding hydrogens is 543 g/mol. The van der Waals surface area contributed by atoms with Gasteiger partial charge in [-0.15, -0.1) is 23.1 Å². The summed E-state index contributed by atoms with van der Waals surface area (Å²) in [6.45, 7) is 0. The number of thiazole rings is 1. The van der Waals surface area contributed by atoms with Crippen LogP contribution in [0.1, 0.15) is 7.12 Å². The molecule has 2 aliphatic rings. The van der Waals surface area contributed by atoms with Crippen molar-refractivity contribution < 1.29 is 55.3 Å². The van der Waals surface area contributed by atoms with Crippen LogP contribution in [-0.2, 0) is 26.3 Å². The molecule has 0 unspecified atom stereocenters. The Morgan fingerprint density at radius 2 is 2.17 bits per heavy atom. The second-order valence-corrected chi connectivity index (χ2v) is 10.0. The van der Waals surface area contributed by atoms with Crippen LogP contribution in [-0.4, -0.2) is 83.3 Å². The number of aryl methyl sites for hydroxylation is 1. The number of oxime groups is 1. The predicted molar refractivity (Wildman–Crippen MR) is 129 cm³/mol. The van der Waals surface area contributed by atoms with Crippen molar-refractivity contribution in [3.63, 3.8) is 0 Å². The van der Waals surface area contributed by atoms with Gasteiger partial charge in [0.1, 0.15) is 36.1 Å². The van der Waals surface area contributed by atoms with E-state index in [1.54, 1.807) is 7.05 Å². The van der Waals surface area contributed by atoms with Crippen molar-refractivity contribution in [1.29, 1.82) is 0 Å². The maximum Gasteiger partial charge on any atom is 1.00 e. The smallest absolute Gasteiger partial charge is 1.00 e. The third-order valence-corrected chi connectivity index (χ3v) is 8.02. The average Bonchev–Trinajstić information content (AvgIpc) is 3.26. The number of thioether (sulfide) groups is 2. The Balaban J connectivity index is 0.00000241. The molecule has 0 aromatic carbocycles. The molecule has 4 rings (SSSR count). The number of nitrogens with zero attached hydrogens (tertiary/aromatic N) is 6. The van der Waals surface area contributed by atoms with Gasteiger partial charge in [-0.1, -0.05) is 16.9 Å². The molecule has 18 heteroatoms. The summed E-state index contributed by atoms with van der Waals surface area (Å²) in [5, 5.41) is 21.4. The molecule has 2 aliphatic heterocycles. The Kier molecular flexibility index (Phi) is 9.18. The molecule has 186 valence electrons. The van der Waals surface area contributed by atoms with Crippen molar-refractivity contribution >= 4 is 63.5 Å². The molecule has 0 bridgehead atoms. The van der Waals surface area contributed by atoms with Crippen LogP contribution in [0.25, 0.3) is 0 Å². The third-order valence-electron chi connectivity index (χ3n) is 4.90. The maximum atomic E-state index is 12.9. The summed E-state index contributed by atoms with van der Waals surface area (Å²) in [5.74, 6) is -2.06. The zero-order chi connectivity index (χ0) is 25.3. The molecule has 0 aliphatic carbocycles. The van der Waals surface area contributed by atoms with E-state index in [0.29, 0.717) is 16.5 Å². The molecule has 2 aromatic heterocycles.